The molecule has 0 aliphatic rings. The lowest BCUT2D eigenvalue weighted by Gasteiger charge is -2.20. The molecule has 0 spiro atoms. The van der Waals surface area contributed by atoms with Crippen molar-refractivity contribution in [2.45, 2.75) is 91.3 Å². The van der Waals surface area contributed by atoms with Crippen molar-refractivity contribution in [3.8, 4) is 0 Å². The van der Waals surface area contributed by atoms with Gasteiger partial charge in [-0.2, -0.15) is 0 Å². The Morgan fingerprint density at radius 3 is 2.35 bits per heavy atom. The zero-order valence-corrected chi connectivity index (χ0v) is 13.9. The fourth-order valence-electron chi connectivity index (χ4n) is 2.29. The number of aryl methyl sites for hydroxylation is 1. The average molecular weight is 279 g/mol. The van der Waals surface area contributed by atoms with Crippen LogP contribution in [0.1, 0.15) is 78.5 Å². The molecule has 0 saturated carbocycles. The van der Waals surface area contributed by atoms with Crippen LogP contribution in [0.5, 0.6) is 0 Å². The highest BCUT2D eigenvalue weighted by Gasteiger charge is 2.10. The van der Waals surface area contributed by atoms with E-state index in [1.54, 1.807) is 0 Å². The summed E-state index contributed by atoms with van der Waals surface area (Å²) in [5.41, 5.74) is 0.149. The van der Waals surface area contributed by atoms with Gasteiger partial charge in [-0.15, -0.1) is 0 Å². The van der Waals surface area contributed by atoms with Crippen LogP contribution in [0.15, 0.2) is 12.4 Å². The van der Waals surface area contributed by atoms with Crippen LogP contribution in [0.4, 0.5) is 0 Å². The lowest BCUT2D eigenvalue weighted by atomic mass is 10.1. The zero-order valence-electron chi connectivity index (χ0n) is 13.9. The van der Waals surface area contributed by atoms with E-state index in [1.807, 2.05) is 6.20 Å². The molecule has 0 aliphatic carbocycles. The molecule has 116 valence electrons. The molecular formula is C17H33N3. The Hall–Kier alpha value is -0.830. The predicted octanol–water partition coefficient (Wildman–Crippen LogP) is 4.52. The lowest BCUT2D eigenvalue weighted by Crippen LogP contribution is -2.35. The number of nitrogens with zero attached hydrogens (tertiary/aromatic N) is 2. The van der Waals surface area contributed by atoms with E-state index in [1.165, 1.54) is 44.9 Å². The van der Waals surface area contributed by atoms with E-state index >= 15 is 0 Å². The van der Waals surface area contributed by atoms with Crippen molar-refractivity contribution in [2.75, 3.05) is 0 Å². The van der Waals surface area contributed by atoms with E-state index in [0.717, 1.165) is 18.9 Å². The van der Waals surface area contributed by atoms with Crippen LogP contribution in [0.25, 0.3) is 0 Å². The molecule has 1 N–H and O–H groups in total. The molecule has 3 heteroatoms. The maximum absolute atomic E-state index is 4.46. The van der Waals surface area contributed by atoms with E-state index in [0.29, 0.717) is 0 Å². The molecule has 1 aromatic heterocycles. The Bertz CT molecular complexity index is 349. The second-order valence-electron chi connectivity index (χ2n) is 6.76. The second kappa shape index (κ2) is 9.17. The van der Waals surface area contributed by atoms with E-state index in [9.17, 15) is 0 Å². The summed E-state index contributed by atoms with van der Waals surface area (Å²) in [5.74, 6) is 1.16. The zero-order chi connectivity index (χ0) is 14.8. The highest BCUT2D eigenvalue weighted by atomic mass is 15.1. The maximum Gasteiger partial charge on any atom is 0.122 e. The molecule has 1 aromatic rings. The number of aromatic nitrogens is 2. The van der Waals surface area contributed by atoms with Gasteiger partial charge in [0, 0.05) is 24.5 Å². The molecule has 20 heavy (non-hydrogen) atoms. The number of nitrogens with one attached hydrogen (secondary N) is 1. The van der Waals surface area contributed by atoms with Gasteiger partial charge in [0.1, 0.15) is 5.82 Å². The van der Waals surface area contributed by atoms with Crippen LogP contribution in [-0.4, -0.2) is 15.1 Å². The van der Waals surface area contributed by atoms with Crippen LogP contribution < -0.4 is 5.32 Å². The van der Waals surface area contributed by atoms with E-state index in [2.05, 4.69) is 48.8 Å². The van der Waals surface area contributed by atoms with Crippen molar-refractivity contribution in [1.29, 1.82) is 0 Å². The smallest absolute Gasteiger partial charge is 0.122 e. The van der Waals surface area contributed by atoms with Gasteiger partial charge >= 0.3 is 0 Å². The largest absolute Gasteiger partial charge is 0.334 e. The summed E-state index contributed by atoms with van der Waals surface area (Å²) in [6, 6.07) is 0. The Morgan fingerprint density at radius 2 is 1.70 bits per heavy atom. The van der Waals surface area contributed by atoms with Crippen molar-refractivity contribution >= 4 is 0 Å². The first-order chi connectivity index (χ1) is 9.53. The quantitative estimate of drug-likeness (QED) is 0.638. The summed E-state index contributed by atoms with van der Waals surface area (Å²) in [6.45, 7) is 10.8. The molecule has 0 aromatic carbocycles. The molecule has 0 aliphatic heterocycles. The van der Waals surface area contributed by atoms with Gasteiger partial charge in [0.05, 0.1) is 6.54 Å². The van der Waals surface area contributed by atoms with Crippen LogP contribution in [0.3, 0.4) is 0 Å². The van der Waals surface area contributed by atoms with Crippen LogP contribution in [0.2, 0.25) is 0 Å². The maximum atomic E-state index is 4.46. The molecule has 0 saturated heterocycles. The molecule has 0 radical (unpaired) electrons. The van der Waals surface area contributed by atoms with Crippen LogP contribution in [-0.2, 0) is 13.1 Å². The minimum Gasteiger partial charge on any atom is -0.334 e. The number of hydrogen-bond acceptors (Lipinski definition) is 2. The SMILES string of the molecule is CCCCCCCCCn1ccnc1CNC(C)(C)C. The average Bonchev–Trinajstić information content (AvgIpc) is 2.82. The third kappa shape index (κ3) is 7.68. The first-order valence-corrected chi connectivity index (χ1v) is 8.28. The summed E-state index contributed by atoms with van der Waals surface area (Å²) in [6.07, 6.45) is 13.5. The summed E-state index contributed by atoms with van der Waals surface area (Å²) < 4.78 is 2.30. The van der Waals surface area contributed by atoms with Crippen molar-refractivity contribution in [3.63, 3.8) is 0 Å². The summed E-state index contributed by atoms with van der Waals surface area (Å²) in [4.78, 5) is 4.46. The third-order valence-electron chi connectivity index (χ3n) is 3.58. The van der Waals surface area contributed by atoms with Gasteiger partial charge in [0.2, 0.25) is 0 Å². The standard InChI is InChI=1S/C17H33N3/c1-5-6-7-8-9-10-11-13-20-14-12-18-16(20)15-19-17(2,3)4/h12,14,19H,5-11,13,15H2,1-4H3. The molecule has 0 unspecified atom stereocenters. The molecule has 0 atom stereocenters. The van der Waals surface area contributed by atoms with Crippen LogP contribution in [0, 0.1) is 0 Å². The Labute approximate surface area is 125 Å². The van der Waals surface area contributed by atoms with E-state index < -0.39 is 0 Å². The highest BCUT2D eigenvalue weighted by Crippen LogP contribution is 2.09. The van der Waals surface area contributed by atoms with Gasteiger partial charge in [-0.05, 0) is 27.2 Å². The fraction of sp³-hybridized carbons (Fsp3) is 0.824. The number of hydrogen-bond donors (Lipinski definition) is 1. The number of rotatable bonds is 10. The topological polar surface area (TPSA) is 29.9 Å². The van der Waals surface area contributed by atoms with Gasteiger partial charge in [0.25, 0.3) is 0 Å². The number of unbranched alkanes of at least 4 members (excludes halogenated alkanes) is 6. The summed E-state index contributed by atoms with van der Waals surface area (Å²) >= 11 is 0. The Morgan fingerprint density at radius 1 is 1.05 bits per heavy atom. The van der Waals surface area contributed by atoms with Crippen molar-refractivity contribution in [1.82, 2.24) is 14.9 Å². The Kier molecular flexibility index (Phi) is 7.90. The Balaban J connectivity index is 2.19. The third-order valence-corrected chi connectivity index (χ3v) is 3.58. The van der Waals surface area contributed by atoms with Crippen molar-refractivity contribution < 1.29 is 0 Å². The first-order valence-electron chi connectivity index (χ1n) is 8.28. The monoisotopic (exact) mass is 279 g/mol. The van der Waals surface area contributed by atoms with E-state index in [4.69, 9.17) is 0 Å². The molecule has 0 bridgehead atoms. The van der Waals surface area contributed by atoms with Crippen molar-refractivity contribution in [2.24, 2.45) is 0 Å². The molecule has 0 fully saturated rings. The highest BCUT2D eigenvalue weighted by molar-refractivity contribution is 4.93. The van der Waals surface area contributed by atoms with Gasteiger partial charge in [-0.25, -0.2) is 4.98 Å². The molecule has 1 heterocycles. The molecular weight excluding hydrogens is 246 g/mol. The van der Waals surface area contributed by atoms with Gasteiger partial charge in [-0.1, -0.05) is 45.4 Å². The molecule has 0 amide bonds. The fourth-order valence-corrected chi connectivity index (χ4v) is 2.29. The van der Waals surface area contributed by atoms with Crippen LogP contribution >= 0.6 is 0 Å². The molecule has 3 nitrogen and oxygen atoms in total. The summed E-state index contributed by atoms with van der Waals surface area (Å²) in [7, 11) is 0. The predicted molar refractivity (Wildman–Crippen MR) is 86.8 cm³/mol. The first kappa shape index (κ1) is 17.2. The normalized spacial score (nSPS) is 12.0. The van der Waals surface area contributed by atoms with Gasteiger partial charge < -0.3 is 9.88 Å². The summed E-state index contributed by atoms with van der Waals surface area (Å²) in [5, 5.41) is 3.51. The minimum absolute atomic E-state index is 0.149. The number of imidazole rings is 1. The second-order valence-corrected chi connectivity index (χ2v) is 6.76. The molecule has 1 rings (SSSR count). The minimum atomic E-state index is 0.149. The van der Waals surface area contributed by atoms with Gasteiger partial charge in [-0.3, -0.25) is 0 Å². The van der Waals surface area contributed by atoms with E-state index in [-0.39, 0.29) is 5.54 Å². The van der Waals surface area contributed by atoms with Gasteiger partial charge in [0.15, 0.2) is 0 Å². The van der Waals surface area contributed by atoms with Crippen molar-refractivity contribution in [3.05, 3.63) is 18.2 Å². The lowest BCUT2D eigenvalue weighted by molar-refractivity contribution is 0.409.